The number of H-pyrrole nitrogens is 1. The lowest BCUT2D eigenvalue weighted by atomic mass is 9.80. The van der Waals surface area contributed by atoms with Crippen molar-refractivity contribution < 1.29 is 8.42 Å². The standard InChI is InChI=1S/C18H24N2O2S/c1-23(21,22)20-12-11-15-14-9-5-6-10-16(14)19-17(15)18(20)13-7-3-2-4-8-13/h5-6,9-10,13,18-19H,2-4,7-8,11-12H2,1H3. The summed E-state index contributed by atoms with van der Waals surface area (Å²) in [7, 11) is -3.19. The fourth-order valence-electron chi connectivity index (χ4n) is 4.54. The van der Waals surface area contributed by atoms with Crippen LogP contribution in [0.1, 0.15) is 49.4 Å². The molecule has 0 saturated heterocycles. The van der Waals surface area contributed by atoms with Gasteiger partial charge < -0.3 is 4.98 Å². The van der Waals surface area contributed by atoms with E-state index in [0.29, 0.717) is 12.5 Å². The first-order chi connectivity index (χ1) is 11.1. The van der Waals surface area contributed by atoms with Crippen molar-refractivity contribution in [3.8, 4) is 0 Å². The molecule has 1 fully saturated rings. The summed E-state index contributed by atoms with van der Waals surface area (Å²) in [5.74, 6) is 0.436. The highest BCUT2D eigenvalue weighted by Gasteiger charge is 2.40. The number of para-hydroxylation sites is 1. The Morgan fingerprint density at radius 1 is 1.13 bits per heavy atom. The second-order valence-electron chi connectivity index (χ2n) is 7.03. The molecule has 23 heavy (non-hydrogen) atoms. The largest absolute Gasteiger partial charge is 0.357 e. The molecule has 1 N–H and O–H groups in total. The van der Waals surface area contributed by atoms with Crippen LogP contribution in [0.15, 0.2) is 24.3 Å². The molecular weight excluding hydrogens is 308 g/mol. The van der Waals surface area contributed by atoms with Crippen LogP contribution in [0.25, 0.3) is 10.9 Å². The van der Waals surface area contributed by atoms with E-state index in [4.69, 9.17) is 0 Å². The van der Waals surface area contributed by atoms with Crippen LogP contribution in [0.4, 0.5) is 0 Å². The zero-order chi connectivity index (χ0) is 16.0. The zero-order valence-electron chi connectivity index (χ0n) is 13.6. The third-order valence-electron chi connectivity index (χ3n) is 5.56. The van der Waals surface area contributed by atoms with Gasteiger partial charge in [-0.2, -0.15) is 4.31 Å². The summed E-state index contributed by atoms with van der Waals surface area (Å²) in [6, 6.07) is 8.33. The van der Waals surface area contributed by atoms with Crippen molar-refractivity contribution in [1.29, 1.82) is 0 Å². The average molecular weight is 332 g/mol. The Balaban J connectivity index is 1.86. The Morgan fingerprint density at radius 2 is 1.87 bits per heavy atom. The van der Waals surface area contributed by atoms with Gasteiger partial charge in [0.1, 0.15) is 0 Å². The lowest BCUT2D eigenvalue weighted by Crippen LogP contribution is -2.43. The average Bonchev–Trinajstić information content (AvgIpc) is 2.92. The summed E-state index contributed by atoms with van der Waals surface area (Å²) < 4.78 is 26.5. The molecule has 4 nitrogen and oxygen atoms in total. The van der Waals surface area contributed by atoms with Crippen LogP contribution in [-0.2, 0) is 16.4 Å². The fourth-order valence-corrected chi connectivity index (χ4v) is 5.65. The molecule has 1 unspecified atom stereocenters. The van der Waals surface area contributed by atoms with Crippen molar-refractivity contribution in [2.75, 3.05) is 12.8 Å². The third-order valence-corrected chi connectivity index (χ3v) is 6.82. The maximum Gasteiger partial charge on any atom is 0.211 e. The van der Waals surface area contributed by atoms with Gasteiger partial charge in [-0.1, -0.05) is 37.5 Å². The SMILES string of the molecule is CS(=O)(=O)N1CCc2c([nH]c3ccccc23)C1C1CCCCC1. The zero-order valence-corrected chi connectivity index (χ0v) is 14.4. The number of nitrogens with zero attached hydrogens (tertiary/aromatic N) is 1. The predicted molar refractivity (Wildman–Crippen MR) is 92.9 cm³/mol. The van der Waals surface area contributed by atoms with Crippen LogP contribution >= 0.6 is 0 Å². The number of fused-ring (bicyclic) bond motifs is 3. The molecule has 2 heterocycles. The molecule has 1 aromatic carbocycles. The van der Waals surface area contributed by atoms with Crippen molar-refractivity contribution in [3.05, 3.63) is 35.5 Å². The highest BCUT2D eigenvalue weighted by atomic mass is 32.2. The first-order valence-electron chi connectivity index (χ1n) is 8.62. The van der Waals surface area contributed by atoms with E-state index in [1.165, 1.54) is 36.5 Å². The van der Waals surface area contributed by atoms with Gasteiger partial charge in [-0.15, -0.1) is 0 Å². The number of aromatic amines is 1. The molecule has 0 radical (unpaired) electrons. The van der Waals surface area contributed by atoms with Crippen molar-refractivity contribution in [2.24, 2.45) is 5.92 Å². The monoisotopic (exact) mass is 332 g/mol. The van der Waals surface area contributed by atoms with Gasteiger partial charge in [0.25, 0.3) is 0 Å². The highest BCUT2D eigenvalue weighted by molar-refractivity contribution is 7.88. The number of sulfonamides is 1. The molecule has 1 aromatic heterocycles. The van der Waals surface area contributed by atoms with Crippen LogP contribution in [-0.4, -0.2) is 30.5 Å². The topological polar surface area (TPSA) is 53.2 Å². The van der Waals surface area contributed by atoms with Crippen LogP contribution in [0.5, 0.6) is 0 Å². The molecule has 2 aromatic rings. The summed E-state index contributed by atoms with van der Waals surface area (Å²) in [5, 5.41) is 1.26. The van der Waals surface area contributed by atoms with Crippen LogP contribution in [0, 0.1) is 5.92 Å². The Morgan fingerprint density at radius 3 is 2.61 bits per heavy atom. The van der Waals surface area contributed by atoms with Gasteiger partial charge in [-0.25, -0.2) is 8.42 Å². The fraction of sp³-hybridized carbons (Fsp3) is 0.556. The van der Waals surface area contributed by atoms with E-state index in [9.17, 15) is 8.42 Å². The summed E-state index contributed by atoms with van der Waals surface area (Å²) in [6.45, 7) is 0.606. The van der Waals surface area contributed by atoms with Gasteiger partial charge in [0.15, 0.2) is 0 Å². The summed E-state index contributed by atoms with van der Waals surface area (Å²) in [6.07, 6.45) is 8.13. The molecule has 1 saturated carbocycles. The predicted octanol–water partition coefficient (Wildman–Crippen LogP) is 3.61. The first kappa shape index (κ1) is 15.2. The van der Waals surface area contributed by atoms with Gasteiger partial charge in [-0.05, 0) is 36.8 Å². The van der Waals surface area contributed by atoms with E-state index >= 15 is 0 Å². The van der Waals surface area contributed by atoms with E-state index < -0.39 is 10.0 Å². The van der Waals surface area contributed by atoms with Crippen LogP contribution in [0.3, 0.4) is 0 Å². The molecule has 124 valence electrons. The Labute approximate surface area is 137 Å². The van der Waals surface area contributed by atoms with E-state index in [1.54, 1.807) is 4.31 Å². The number of hydrogen-bond donors (Lipinski definition) is 1. The third kappa shape index (κ3) is 2.60. The molecule has 5 heteroatoms. The second kappa shape index (κ2) is 5.64. The molecule has 1 aliphatic carbocycles. The van der Waals surface area contributed by atoms with E-state index in [0.717, 1.165) is 30.5 Å². The number of benzene rings is 1. The van der Waals surface area contributed by atoms with Gasteiger partial charge in [0.05, 0.1) is 12.3 Å². The second-order valence-corrected chi connectivity index (χ2v) is 8.96. The van der Waals surface area contributed by atoms with Gasteiger partial charge in [-0.3, -0.25) is 0 Å². The van der Waals surface area contributed by atoms with Gasteiger partial charge in [0.2, 0.25) is 10.0 Å². The summed E-state index contributed by atoms with van der Waals surface area (Å²) >= 11 is 0. The van der Waals surface area contributed by atoms with Crippen LogP contribution < -0.4 is 0 Å². The Hall–Kier alpha value is -1.33. The molecule has 1 aliphatic heterocycles. The number of rotatable bonds is 2. The van der Waals surface area contributed by atoms with Crippen molar-refractivity contribution in [1.82, 2.24) is 9.29 Å². The number of nitrogens with one attached hydrogen (secondary N) is 1. The summed E-state index contributed by atoms with van der Waals surface area (Å²) in [5.41, 5.74) is 3.61. The first-order valence-corrected chi connectivity index (χ1v) is 10.5. The molecule has 0 amide bonds. The highest BCUT2D eigenvalue weighted by Crippen LogP contribution is 2.44. The van der Waals surface area contributed by atoms with E-state index in [1.807, 2.05) is 6.07 Å². The minimum Gasteiger partial charge on any atom is -0.357 e. The molecule has 2 aliphatic rings. The normalized spacial score (nSPS) is 24.0. The maximum atomic E-state index is 12.4. The lowest BCUT2D eigenvalue weighted by Gasteiger charge is -2.40. The molecule has 1 atom stereocenters. The van der Waals surface area contributed by atoms with Gasteiger partial charge >= 0.3 is 0 Å². The van der Waals surface area contributed by atoms with Crippen molar-refractivity contribution in [3.63, 3.8) is 0 Å². The van der Waals surface area contributed by atoms with Gasteiger partial charge in [0, 0.05) is 23.1 Å². The molecule has 4 rings (SSSR count). The minimum absolute atomic E-state index is 0.0125. The van der Waals surface area contributed by atoms with E-state index in [2.05, 4.69) is 23.2 Å². The smallest absolute Gasteiger partial charge is 0.211 e. The van der Waals surface area contributed by atoms with E-state index in [-0.39, 0.29) is 6.04 Å². The van der Waals surface area contributed by atoms with Crippen molar-refractivity contribution in [2.45, 2.75) is 44.6 Å². The molecule has 0 bridgehead atoms. The minimum atomic E-state index is -3.19. The molecule has 0 spiro atoms. The number of hydrogen-bond acceptors (Lipinski definition) is 2. The van der Waals surface area contributed by atoms with Crippen molar-refractivity contribution >= 4 is 20.9 Å². The number of aromatic nitrogens is 1. The van der Waals surface area contributed by atoms with Crippen LogP contribution in [0.2, 0.25) is 0 Å². The Kier molecular flexibility index (Phi) is 3.73. The lowest BCUT2D eigenvalue weighted by molar-refractivity contribution is 0.181. The summed E-state index contributed by atoms with van der Waals surface area (Å²) in [4.78, 5) is 3.56. The molecular formula is C18H24N2O2S. The quantitative estimate of drug-likeness (QED) is 0.913. The Bertz CT molecular complexity index is 819. The maximum absolute atomic E-state index is 12.4.